The molecule has 2 atom stereocenters. The summed E-state index contributed by atoms with van der Waals surface area (Å²) < 4.78 is 1.89. The molecular formula is C18H24N4O2. The van der Waals surface area contributed by atoms with E-state index in [9.17, 15) is 9.90 Å². The first-order valence-corrected chi connectivity index (χ1v) is 8.82. The number of amides is 1. The second-order valence-electron chi connectivity index (χ2n) is 6.89. The standard InChI is InChI=1S/C18H24N4O2/c23-17-11-21(10-16(17)20-8-4-1-5-9-20)18(24)12-22-13-19-14-6-2-3-7-15(14)22/h2-3,6-7,13,16-17,23H,1,4-5,8-12H2/t16-,17-/m0/s1. The minimum atomic E-state index is -0.438. The summed E-state index contributed by atoms with van der Waals surface area (Å²) in [7, 11) is 0. The number of nitrogens with zero attached hydrogens (tertiary/aromatic N) is 4. The van der Waals surface area contributed by atoms with Crippen molar-refractivity contribution in [2.24, 2.45) is 0 Å². The molecule has 1 N–H and O–H groups in total. The van der Waals surface area contributed by atoms with Gasteiger partial charge < -0.3 is 14.6 Å². The predicted octanol–water partition coefficient (Wildman–Crippen LogP) is 1.09. The van der Waals surface area contributed by atoms with Gasteiger partial charge in [0, 0.05) is 13.1 Å². The van der Waals surface area contributed by atoms with Crippen molar-refractivity contribution in [3.05, 3.63) is 30.6 Å². The Morgan fingerprint density at radius 2 is 1.96 bits per heavy atom. The Bertz CT molecular complexity index is 723. The maximum absolute atomic E-state index is 12.7. The summed E-state index contributed by atoms with van der Waals surface area (Å²) in [5.74, 6) is 0.0525. The van der Waals surface area contributed by atoms with Crippen LogP contribution in [0, 0.1) is 0 Å². The largest absolute Gasteiger partial charge is 0.390 e. The number of likely N-dealkylation sites (tertiary alicyclic amines) is 2. The summed E-state index contributed by atoms with van der Waals surface area (Å²) in [5.41, 5.74) is 1.87. The molecule has 2 saturated heterocycles. The average molecular weight is 328 g/mol. The van der Waals surface area contributed by atoms with E-state index in [0.717, 1.165) is 24.1 Å². The molecule has 128 valence electrons. The van der Waals surface area contributed by atoms with Crippen molar-refractivity contribution in [2.45, 2.75) is 38.0 Å². The van der Waals surface area contributed by atoms with Crippen LogP contribution in [0.15, 0.2) is 30.6 Å². The highest BCUT2D eigenvalue weighted by Gasteiger charge is 2.37. The lowest BCUT2D eigenvalue weighted by molar-refractivity contribution is -0.131. The molecule has 0 radical (unpaired) electrons. The van der Waals surface area contributed by atoms with Gasteiger partial charge in [0.05, 0.1) is 29.5 Å². The van der Waals surface area contributed by atoms with E-state index >= 15 is 0 Å². The number of para-hydroxylation sites is 2. The van der Waals surface area contributed by atoms with E-state index in [2.05, 4.69) is 9.88 Å². The smallest absolute Gasteiger partial charge is 0.242 e. The van der Waals surface area contributed by atoms with E-state index in [-0.39, 0.29) is 18.5 Å². The van der Waals surface area contributed by atoms with Crippen molar-refractivity contribution in [3.63, 3.8) is 0 Å². The summed E-state index contributed by atoms with van der Waals surface area (Å²) in [6.07, 6.45) is 4.94. The third-order valence-corrected chi connectivity index (χ3v) is 5.30. The van der Waals surface area contributed by atoms with Crippen LogP contribution in [-0.2, 0) is 11.3 Å². The molecule has 6 nitrogen and oxygen atoms in total. The third-order valence-electron chi connectivity index (χ3n) is 5.30. The number of hydrogen-bond acceptors (Lipinski definition) is 4. The summed E-state index contributed by atoms with van der Waals surface area (Å²) in [4.78, 5) is 21.2. The number of β-amino-alcohol motifs (C(OH)–C–C–N with tert-alkyl or cyclic N) is 1. The summed E-state index contributed by atoms with van der Waals surface area (Å²) >= 11 is 0. The fourth-order valence-corrected chi connectivity index (χ4v) is 3.96. The molecule has 6 heteroatoms. The van der Waals surface area contributed by atoms with Crippen LogP contribution in [0.1, 0.15) is 19.3 Å². The molecule has 1 aromatic heterocycles. The number of piperidine rings is 1. The predicted molar refractivity (Wildman–Crippen MR) is 91.5 cm³/mol. The highest BCUT2D eigenvalue weighted by molar-refractivity contribution is 5.80. The quantitative estimate of drug-likeness (QED) is 0.916. The van der Waals surface area contributed by atoms with Crippen molar-refractivity contribution in [1.29, 1.82) is 0 Å². The highest BCUT2D eigenvalue weighted by atomic mass is 16.3. The lowest BCUT2D eigenvalue weighted by Gasteiger charge is -2.33. The van der Waals surface area contributed by atoms with Crippen molar-refractivity contribution in [1.82, 2.24) is 19.4 Å². The first-order valence-electron chi connectivity index (χ1n) is 8.82. The van der Waals surface area contributed by atoms with Gasteiger partial charge in [-0.1, -0.05) is 18.6 Å². The third kappa shape index (κ3) is 2.91. The van der Waals surface area contributed by atoms with Gasteiger partial charge in [0.25, 0.3) is 0 Å². The van der Waals surface area contributed by atoms with Gasteiger partial charge in [-0.2, -0.15) is 0 Å². The monoisotopic (exact) mass is 328 g/mol. The highest BCUT2D eigenvalue weighted by Crippen LogP contribution is 2.21. The van der Waals surface area contributed by atoms with Crippen LogP contribution in [0.2, 0.25) is 0 Å². The van der Waals surface area contributed by atoms with Crippen LogP contribution in [0.4, 0.5) is 0 Å². The van der Waals surface area contributed by atoms with Crippen LogP contribution >= 0.6 is 0 Å². The van der Waals surface area contributed by atoms with Crippen LogP contribution in [0.5, 0.6) is 0 Å². The normalized spacial score (nSPS) is 25.5. The molecule has 24 heavy (non-hydrogen) atoms. The molecule has 4 rings (SSSR count). The van der Waals surface area contributed by atoms with Crippen LogP contribution in [0.25, 0.3) is 11.0 Å². The zero-order valence-electron chi connectivity index (χ0n) is 13.8. The molecule has 1 amide bonds. The van der Waals surface area contributed by atoms with Gasteiger partial charge in [0.1, 0.15) is 6.54 Å². The molecule has 2 fully saturated rings. The fourth-order valence-electron chi connectivity index (χ4n) is 3.96. The van der Waals surface area contributed by atoms with Gasteiger partial charge in [0.2, 0.25) is 5.91 Å². The number of aliphatic hydroxyl groups excluding tert-OH is 1. The Hall–Kier alpha value is -1.92. The molecule has 2 aliphatic rings. The Morgan fingerprint density at radius 3 is 2.79 bits per heavy atom. The molecule has 0 bridgehead atoms. The van der Waals surface area contributed by atoms with E-state index in [1.54, 1.807) is 11.2 Å². The van der Waals surface area contributed by atoms with Gasteiger partial charge >= 0.3 is 0 Å². The Labute approximate surface area is 141 Å². The molecule has 0 aliphatic carbocycles. The maximum atomic E-state index is 12.7. The second-order valence-corrected chi connectivity index (χ2v) is 6.89. The number of fused-ring (bicyclic) bond motifs is 1. The van der Waals surface area contributed by atoms with Gasteiger partial charge in [-0.15, -0.1) is 0 Å². The SMILES string of the molecule is O=C(Cn1cnc2ccccc21)N1C[C@H](O)[C@@H](N2CCCCC2)C1. The van der Waals surface area contributed by atoms with Crippen molar-refractivity contribution in [3.8, 4) is 0 Å². The fraction of sp³-hybridized carbons (Fsp3) is 0.556. The van der Waals surface area contributed by atoms with E-state index in [0.29, 0.717) is 13.1 Å². The molecule has 3 heterocycles. The number of carbonyl (C=O) groups excluding carboxylic acids is 1. The van der Waals surface area contributed by atoms with Gasteiger partial charge in [-0.25, -0.2) is 4.98 Å². The Balaban J connectivity index is 1.43. The van der Waals surface area contributed by atoms with E-state index in [1.807, 2.05) is 28.8 Å². The van der Waals surface area contributed by atoms with Gasteiger partial charge in [0.15, 0.2) is 0 Å². The summed E-state index contributed by atoms with van der Waals surface area (Å²) in [6, 6.07) is 7.92. The van der Waals surface area contributed by atoms with Crippen LogP contribution in [-0.4, -0.2) is 68.7 Å². The summed E-state index contributed by atoms with van der Waals surface area (Å²) in [6.45, 7) is 3.42. The maximum Gasteiger partial charge on any atom is 0.242 e. The number of benzene rings is 1. The second kappa shape index (κ2) is 6.53. The topological polar surface area (TPSA) is 61.6 Å². The molecule has 0 saturated carbocycles. The molecule has 2 aliphatic heterocycles. The van der Waals surface area contributed by atoms with Crippen molar-refractivity contribution in [2.75, 3.05) is 26.2 Å². The van der Waals surface area contributed by atoms with E-state index in [1.165, 1.54) is 19.3 Å². The van der Waals surface area contributed by atoms with Crippen molar-refractivity contribution >= 4 is 16.9 Å². The number of imidazole rings is 1. The van der Waals surface area contributed by atoms with E-state index < -0.39 is 6.10 Å². The van der Waals surface area contributed by atoms with Crippen molar-refractivity contribution < 1.29 is 9.90 Å². The number of hydrogen-bond donors (Lipinski definition) is 1. The van der Waals surface area contributed by atoms with Gasteiger partial charge in [-0.3, -0.25) is 9.69 Å². The number of aromatic nitrogens is 2. The molecule has 1 aromatic carbocycles. The first kappa shape index (κ1) is 15.6. The Kier molecular flexibility index (Phi) is 4.24. The zero-order valence-corrected chi connectivity index (χ0v) is 13.8. The lowest BCUT2D eigenvalue weighted by Crippen LogP contribution is -2.46. The molecule has 2 aromatic rings. The Morgan fingerprint density at radius 1 is 1.17 bits per heavy atom. The number of carbonyl (C=O) groups is 1. The van der Waals surface area contributed by atoms with E-state index in [4.69, 9.17) is 0 Å². The van der Waals surface area contributed by atoms with Gasteiger partial charge in [-0.05, 0) is 38.1 Å². The van der Waals surface area contributed by atoms with Crippen LogP contribution in [0.3, 0.4) is 0 Å². The minimum Gasteiger partial charge on any atom is -0.390 e. The minimum absolute atomic E-state index is 0.0525. The molecule has 0 spiro atoms. The zero-order chi connectivity index (χ0) is 16.5. The first-order chi connectivity index (χ1) is 11.7. The number of rotatable bonds is 3. The molecular weight excluding hydrogens is 304 g/mol. The average Bonchev–Trinajstić information content (AvgIpc) is 3.20. The number of aliphatic hydroxyl groups is 1. The molecule has 0 unspecified atom stereocenters. The summed E-state index contributed by atoms with van der Waals surface area (Å²) in [5, 5.41) is 10.4. The van der Waals surface area contributed by atoms with Crippen LogP contribution < -0.4 is 0 Å². The lowest BCUT2D eigenvalue weighted by atomic mass is 10.1.